The molecule has 0 aliphatic carbocycles. The molecule has 35 heavy (non-hydrogen) atoms. The Morgan fingerprint density at radius 2 is 1.49 bits per heavy atom. The lowest BCUT2D eigenvalue weighted by molar-refractivity contribution is 0.129. The molecular weight excluding hydrogens is 468 g/mol. The third-order valence-corrected chi connectivity index (χ3v) is 7.08. The number of halogens is 3. The zero-order valence-corrected chi connectivity index (χ0v) is 20.8. The molecule has 1 aliphatic rings. The SMILES string of the molecule is CCn1ccc2nc(Cl)nc(N3C[C@@H](C)N(C(c4ccc(F)cc4)c4ccc(F)cc4)C[C@@H]3C)c21. The highest BCUT2D eigenvalue weighted by Gasteiger charge is 2.36. The number of rotatable bonds is 5. The molecule has 5 nitrogen and oxygen atoms in total. The van der Waals surface area contributed by atoms with Crippen molar-refractivity contribution in [1.29, 1.82) is 0 Å². The van der Waals surface area contributed by atoms with Crippen LogP contribution in [0.4, 0.5) is 14.6 Å². The zero-order valence-electron chi connectivity index (χ0n) is 20.0. The first-order valence-corrected chi connectivity index (χ1v) is 12.3. The maximum Gasteiger partial charge on any atom is 0.225 e. The van der Waals surface area contributed by atoms with Crippen LogP contribution in [0.3, 0.4) is 0 Å². The minimum Gasteiger partial charge on any atom is -0.349 e. The summed E-state index contributed by atoms with van der Waals surface area (Å²) in [6, 6.07) is 15.3. The van der Waals surface area contributed by atoms with E-state index in [0.29, 0.717) is 0 Å². The van der Waals surface area contributed by atoms with E-state index in [1.165, 1.54) is 24.3 Å². The van der Waals surface area contributed by atoms with Crippen molar-refractivity contribution in [1.82, 2.24) is 19.4 Å². The summed E-state index contributed by atoms with van der Waals surface area (Å²) in [5.74, 6) is 0.286. The Morgan fingerprint density at radius 1 is 0.886 bits per heavy atom. The predicted octanol–water partition coefficient (Wildman–Crippen LogP) is 6.07. The number of hydrogen-bond donors (Lipinski definition) is 0. The highest BCUT2D eigenvalue weighted by molar-refractivity contribution is 6.28. The van der Waals surface area contributed by atoms with E-state index >= 15 is 0 Å². The number of hydrogen-bond acceptors (Lipinski definition) is 4. The lowest BCUT2D eigenvalue weighted by Crippen LogP contribution is -2.57. The fourth-order valence-electron chi connectivity index (χ4n) is 5.20. The van der Waals surface area contributed by atoms with Crippen LogP contribution >= 0.6 is 11.6 Å². The average Bonchev–Trinajstić information content (AvgIpc) is 3.26. The van der Waals surface area contributed by atoms with Crippen LogP contribution in [0.25, 0.3) is 11.0 Å². The van der Waals surface area contributed by atoms with Gasteiger partial charge in [0.25, 0.3) is 0 Å². The molecule has 5 rings (SSSR count). The monoisotopic (exact) mass is 495 g/mol. The van der Waals surface area contributed by atoms with Crippen molar-refractivity contribution < 1.29 is 8.78 Å². The van der Waals surface area contributed by atoms with Crippen molar-refractivity contribution in [2.75, 3.05) is 18.0 Å². The number of aromatic nitrogens is 3. The second kappa shape index (κ2) is 9.55. The van der Waals surface area contributed by atoms with E-state index in [1.54, 1.807) is 0 Å². The molecule has 0 saturated carbocycles. The molecule has 1 aliphatic heterocycles. The topological polar surface area (TPSA) is 37.2 Å². The Hall–Kier alpha value is -3.03. The number of benzene rings is 2. The molecule has 0 unspecified atom stereocenters. The maximum atomic E-state index is 13.7. The average molecular weight is 496 g/mol. The van der Waals surface area contributed by atoms with Crippen LogP contribution < -0.4 is 4.90 Å². The molecule has 0 bridgehead atoms. The first-order chi connectivity index (χ1) is 16.9. The van der Waals surface area contributed by atoms with Gasteiger partial charge in [0.2, 0.25) is 5.28 Å². The highest BCUT2D eigenvalue weighted by Crippen LogP contribution is 2.36. The number of aryl methyl sites for hydroxylation is 1. The maximum absolute atomic E-state index is 13.7. The lowest BCUT2D eigenvalue weighted by Gasteiger charge is -2.48. The Kier molecular flexibility index (Phi) is 6.47. The molecule has 8 heteroatoms. The van der Waals surface area contributed by atoms with Crippen molar-refractivity contribution in [2.24, 2.45) is 0 Å². The smallest absolute Gasteiger partial charge is 0.225 e. The predicted molar refractivity (Wildman–Crippen MR) is 136 cm³/mol. The highest BCUT2D eigenvalue weighted by atomic mass is 35.5. The van der Waals surface area contributed by atoms with E-state index in [-0.39, 0.29) is 35.0 Å². The lowest BCUT2D eigenvalue weighted by atomic mass is 9.93. The van der Waals surface area contributed by atoms with Crippen molar-refractivity contribution in [3.63, 3.8) is 0 Å². The van der Waals surface area contributed by atoms with Crippen LogP contribution in [0.15, 0.2) is 60.8 Å². The van der Waals surface area contributed by atoms with E-state index in [2.05, 4.69) is 45.1 Å². The summed E-state index contributed by atoms with van der Waals surface area (Å²) in [7, 11) is 0. The summed E-state index contributed by atoms with van der Waals surface area (Å²) in [5, 5.41) is 0.235. The summed E-state index contributed by atoms with van der Waals surface area (Å²) in [5.41, 5.74) is 3.76. The molecule has 1 fully saturated rings. The molecule has 4 aromatic rings. The molecular formula is C27H28ClF2N5. The van der Waals surface area contributed by atoms with Crippen LogP contribution in [0.5, 0.6) is 0 Å². The fourth-order valence-corrected chi connectivity index (χ4v) is 5.37. The fraction of sp³-hybridized carbons (Fsp3) is 0.333. The minimum absolute atomic E-state index is 0.115. The summed E-state index contributed by atoms with van der Waals surface area (Å²) in [4.78, 5) is 13.8. The van der Waals surface area contributed by atoms with Crippen LogP contribution in [0, 0.1) is 11.6 Å². The van der Waals surface area contributed by atoms with Gasteiger partial charge in [-0.3, -0.25) is 4.90 Å². The van der Waals surface area contributed by atoms with E-state index in [4.69, 9.17) is 11.6 Å². The zero-order chi connectivity index (χ0) is 24.7. The van der Waals surface area contributed by atoms with Gasteiger partial charge in [-0.05, 0) is 73.8 Å². The summed E-state index contributed by atoms with van der Waals surface area (Å²) in [6.07, 6.45) is 2.02. The van der Waals surface area contributed by atoms with Gasteiger partial charge in [0.05, 0.1) is 11.6 Å². The quantitative estimate of drug-likeness (QED) is 0.315. The third-order valence-electron chi connectivity index (χ3n) is 6.91. The van der Waals surface area contributed by atoms with Crippen LogP contribution in [0.2, 0.25) is 5.28 Å². The summed E-state index contributed by atoms with van der Waals surface area (Å²) < 4.78 is 29.6. The van der Waals surface area contributed by atoms with Crippen LogP contribution in [-0.2, 0) is 6.54 Å². The van der Waals surface area contributed by atoms with Gasteiger partial charge in [-0.2, -0.15) is 4.98 Å². The molecule has 2 aromatic heterocycles. The normalized spacial score (nSPS) is 19.1. The van der Waals surface area contributed by atoms with Gasteiger partial charge < -0.3 is 9.47 Å². The molecule has 2 aromatic carbocycles. The van der Waals surface area contributed by atoms with Gasteiger partial charge in [0, 0.05) is 37.9 Å². The standard InChI is InChI=1S/C27H28ClF2N5/c1-4-33-14-13-23-25(33)26(32-27(28)31-23)35-16-17(2)34(15-18(35)3)24(19-5-9-21(29)10-6-19)20-7-11-22(30)12-8-20/h5-14,17-18,24H,4,15-16H2,1-3H3/t17-,18+/m1/s1. The van der Waals surface area contributed by atoms with E-state index in [9.17, 15) is 8.78 Å². The Balaban J connectivity index is 1.52. The van der Waals surface area contributed by atoms with Gasteiger partial charge in [0.15, 0.2) is 5.82 Å². The second-order valence-corrected chi connectivity index (χ2v) is 9.54. The van der Waals surface area contributed by atoms with Gasteiger partial charge in [-0.25, -0.2) is 13.8 Å². The van der Waals surface area contributed by atoms with Crippen molar-refractivity contribution in [3.05, 3.63) is 88.8 Å². The van der Waals surface area contributed by atoms with Gasteiger partial charge in [-0.15, -0.1) is 0 Å². The number of piperazine rings is 1. The Bertz CT molecular complexity index is 1280. The van der Waals surface area contributed by atoms with Crippen LogP contribution in [0.1, 0.15) is 37.9 Å². The summed E-state index contributed by atoms with van der Waals surface area (Å²) >= 11 is 6.31. The molecule has 182 valence electrons. The molecule has 2 atom stereocenters. The molecule has 0 amide bonds. The van der Waals surface area contributed by atoms with Gasteiger partial charge in [-0.1, -0.05) is 24.3 Å². The Morgan fingerprint density at radius 3 is 2.06 bits per heavy atom. The molecule has 1 saturated heterocycles. The molecule has 0 radical (unpaired) electrons. The first kappa shape index (κ1) is 23.7. The number of anilines is 1. The van der Waals surface area contributed by atoms with Crippen molar-refractivity contribution in [2.45, 2.75) is 45.4 Å². The number of fused-ring (bicyclic) bond motifs is 1. The third kappa shape index (κ3) is 4.50. The van der Waals surface area contributed by atoms with E-state index in [1.807, 2.05) is 36.5 Å². The second-order valence-electron chi connectivity index (χ2n) is 9.20. The number of nitrogens with zero attached hydrogens (tertiary/aromatic N) is 5. The molecule has 0 N–H and O–H groups in total. The molecule has 3 heterocycles. The summed E-state index contributed by atoms with van der Waals surface area (Å²) in [6.45, 7) is 8.71. The van der Waals surface area contributed by atoms with E-state index in [0.717, 1.165) is 47.6 Å². The minimum atomic E-state index is -0.276. The largest absolute Gasteiger partial charge is 0.349 e. The van der Waals surface area contributed by atoms with Gasteiger partial charge >= 0.3 is 0 Å². The van der Waals surface area contributed by atoms with Crippen molar-refractivity contribution in [3.8, 4) is 0 Å². The Labute approximate surface area is 209 Å². The van der Waals surface area contributed by atoms with Crippen molar-refractivity contribution >= 4 is 28.5 Å². The van der Waals surface area contributed by atoms with Gasteiger partial charge in [0.1, 0.15) is 17.2 Å². The molecule has 0 spiro atoms. The van der Waals surface area contributed by atoms with E-state index < -0.39 is 0 Å². The van der Waals surface area contributed by atoms with Crippen LogP contribution in [-0.4, -0.2) is 44.6 Å². The first-order valence-electron chi connectivity index (χ1n) is 11.9.